The lowest BCUT2D eigenvalue weighted by molar-refractivity contribution is 0.922. The van der Waals surface area contributed by atoms with E-state index >= 15 is 0 Å². The smallest absolute Gasteiger partial charge is 0.0785 e. The van der Waals surface area contributed by atoms with E-state index in [0.29, 0.717) is 0 Å². The van der Waals surface area contributed by atoms with Gasteiger partial charge in [0.1, 0.15) is 0 Å². The Hall–Kier alpha value is -4.34. The molecule has 0 amide bonds. The van der Waals surface area contributed by atoms with Gasteiger partial charge < -0.3 is 0 Å². The number of aryl methyl sites for hydroxylation is 2. The molecular weight excluding hydrogens is 545 g/mol. The zero-order chi connectivity index (χ0) is 28.5. The topological polar surface area (TPSA) is 0 Å². The fourth-order valence-corrected chi connectivity index (χ4v) is 7.60. The van der Waals surface area contributed by atoms with Crippen molar-refractivity contribution in [2.24, 2.45) is 0 Å². The van der Waals surface area contributed by atoms with Crippen molar-refractivity contribution in [3.8, 4) is 23.7 Å². The zero-order valence-corrected chi connectivity index (χ0v) is 25.5. The highest BCUT2D eigenvalue weighted by atomic mass is 32.1. The lowest BCUT2D eigenvalue weighted by Crippen LogP contribution is -1.82. The van der Waals surface area contributed by atoms with Gasteiger partial charge in [-0.05, 0) is 94.0 Å². The Bertz CT molecular complexity index is 2040. The molecule has 0 aliphatic heterocycles. The average molecular weight is 575 g/mol. The Morgan fingerprint density at radius 2 is 0.810 bits per heavy atom. The third kappa shape index (κ3) is 5.21. The summed E-state index contributed by atoms with van der Waals surface area (Å²) in [5.74, 6) is 13.6. The Morgan fingerprint density at radius 1 is 0.429 bits per heavy atom. The van der Waals surface area contributed by atoms with Gasteiger partial charge in [-0.15, -0.1) is 22.7 Å². The normalized spacial score (nSPS) is 11.1. The van der Waals surface area contributed by atoms with Gasteiger partial charge in [-0.3, -0.25) is 0 Å². The predicted octanol–water partition coefficient (Wildman–Crippen LogP) is 11.1. The minimum absolute atomic E-state index is 1.07. The first-order valence-corrected chi connectivity index (χ1v) is 16.4. The minimum Gasteiger partial charge on any atom is -0.127 e. The van der Waals surface area contributed by atoms with Gasteiger partial charge in [0.15, 0.2) is 0 Å². The first kappa shape index (κ1) is 26.6. The number of rotatable bonds is 4. The number of fused-ring (bicyclic) bond motifs is 7. The van der Waals surface area contributed by atoms with E-state index in [1.165, 1.54) is 65.7 Å². The molecule has 0 nitrogen and oxygen atoms in total. The van der Waals surface area contributed by atoms with Crippen molar-refractivity contribution in [2.75, 3.05) is 0 Å². The molecule has 0 spiro atoms. The molecule has 0 aliphatic carbocycles. The summed E-state index contributed by atoms with van der Waals surface area (Å²) < 4.78 is 2.56. The van der Waals surface area contributed by atoms with Crippen molar-refractivity contribution in [1.29, 1.82) is 0 Å². The molecule has 2 heterocycles. The van der Waals surface area contributed by atoms with Crippen molar-refractivity contribution in [3.05, 3.63) is 129 Å². The lowest BCUT2D eigenvalue weighted by atomic mass is 9.98. The average Bonchev–Trinajstić information content (AvgIpc) is 3.64. The van der Waals surface area contributed by atoms with Crippen LogP contribution in [0.4, 0.5) is 0 Å². The molecule has 202 valence electrons. The lowest BCUT2D eigenvalue weighted by Gasteiger charge is -2.06. The van der Waals surface area contributed by atoms with Crippen molar-refractivity contribution >= 4 is 64.4 Å². The highest BCUT2D eigenvalue weighted by molar-refractivity contribution is 7.20. The molecule has 0 saturated carbocycles. The number of hydrogen-bond donors (Lipinski definition) is 0. The SMILES string of the molecule is CCCc1ccc(C#Cc2cc3c(ccc4c3ccc3c5cc(C#Cc6ccc(CCC)cc6)sc5ccc34)s2)cc1. The van der Waals surface area contributed by atoms with E-state index in [1.54, 1.807) is 22.7 Å². The molecular formula is C40H30S2. The summed E-state index contributed by atoms with van der Waals surface area (Å²) in [6.07, 6.45) is 4.57. The molecule has 7 rings (SSSR count). The van der Waals surface area contributed by atoms with E-state index in [9.17, 15) is 0 Å². The van der Waals surface area contributed by atoms with Gasteiger partial charge in [0.05, 0.1) is 9.75 Å². The summed E-state index contributed by atoms with van der Waals surface area (Å²) in [6, 6.07) is 35.5. The summed E-state index contributed by atoms with van der Waals surface area (Å²) >= 11 is 3.55. The van der Waals surface area contributed by atoms with E-state index in [2.05, 4.69) is 135 Å². The fourth-order valence-electron chi connectivity index (χ4n) is 5.74. The van der Waals surface area contributed by atoms with E-state index < -0.39 is 0 Å². The second kappa shape index (κ2) is 11.5. The Kier molecular flexibility index (Phi) is 7.27. The molecule has 0 bridgehead atoms. The van der Waals surface area contributed by atoms with Gasteiger partial charge in [0.25, 0.3) is 0 Å². The molecule has 0 atom stereocenters. The number of benzene rings is 5. The van der Waals surface area contributed by atoms with Gasteiger partial charge in [0, 0.05) is 31.3 Å². The standard InChI is InChI=1S/C40H30S2/c1-3-5-27-7-11-29(12-8-27)15-17-31-25-37-35-19-20-36-34(33(35)21-23-39(37)41-31)22-24-40-38(36)26-32(42-40)18-16-30-13-9-28(6-4-2)10-14-30/h7-14,19-26H,3-6H2,1-2H3. The molecule has 0 unspecified atom stereocenters. The summed E-state index contributed by atoms with van der Waals surface area (Å²) in [7, 11) is 0. The van der Waals surface area contributed by atoms with E-state index in [4.69, 9.17) is 0 Å². The molecule has 5 aromatic carbocycles. The van der Waals surface area contributed by atoms with Gasteiger partial charge in [0.2, 0.25) is 0 Å². The maximum Gasteiger partial charge on any atom is 0.0785 e. The summed E-state index contributed by atoms with van der Waals surface area (Å²) in [5, 5.41) is 7.71. The number of hydrogen-bond acceptors (Lipinski definition) is 2. The number of thiophene rings is 2. The van der Waals surface area contributed by atoms with E-state index in [1.807, 2.05) is 0 Å². The van der Waals surface area contributed by atoms with Crippen LogP contribution in [0.15, 0.2) is 97.1 Å². The third-order valence-corrected chi connectivity index (χ3v) is 9.87. The second-order valence-electron chi connectivity index (χ2n) is 10.8. The van der Waals surface area contributed by atoms with Gasteiger partial charge in [-0.25, -0.2) is 0 Å². The Labute approximate surface area is 255 Å². The molecule has 0 N–H and O–H groups in total. The van der Waals surface area contributed by atoms with Crippen molar-refractivity contribution < 1.29 is 0 Å². The first-order chi connectivity index (χ1) is 20.7. The van der Waals surface area contributed by atoms with Crippen LogP contribution < -0.4 is 0 Å². The molecule has 7 aromatic rings. The van der Waals surface area contributed by atoms with E-state index in [0.717, 1.165) is 33.7 Å². The quantitative estimate of drug-likeness (QED) is 0.145. The van der Waals surface area contributed by atoms with Gasteiger partial charge in [-0.2, -0.15) is 0 Å². The molecule has 2 heteroatoms. The molecule has 0 saturated heterocycles. The molecule has 0 radical (unpaired) electrons. The van der Waals surface area contributed by atoms with Crippen LogP contribution in [0.3, 0.4) is 0 Å². The maximum atomic E-state index is 3.42. The van der Waals surface area contributed by atoms with Gasteiger partial charge in [-0.1, -0.05) is 98.9 Å². The summed E-state index contributed by atoms with van der Waals surface area (Å²) in [6.45, 7) is 4.43. The molecule has 42 heavy (non-hydrogen) atoms. The van der Waals surface area contributed by atoms with Crippen LogP contribution in [0.1, 0.15) is 58.7 Å². The van der Waals surface area contributed by atoms with Crippen LogP contribution in [0.2, 0.25) is 0 Å². The monoisotopic (exact) mass is 574 g/mol. The third-order valence-electron chi connectivity index (χ3n) is 7.84. The summed E-state index contributed by atoms with van der Waals surface area (Å²) in [5.41, 5.74) is 4.88. The second-order valence-corrected chi connectivity index (χ2v) is 13.0. The van der Waals surface area contributed by atoms with Crippen molar-refractivity contribution in [1.82, 2.24) is 0 Å². The maximum absolute atomic E-state index is 3.42. The highest BCUT2D eigenvalue weighted by Gasteiger charge is 2.11. The molecule has 2 aromatic heterocycles. The van der Waals surface area contributed by atoms with Crippen LogP contribution in [-0.4, -0.2) is 0 Å². The molecule has 0 aliphatic rings. The van der Waals surface area contributed by atoms with E-state index in [-0.39, 0.29) is 0 Å². The first-order valence-electron chi connectivity index (χ1n) is 14.7. The Balaban J connectivity index is 1.22. The van der Waals surface area contributed by atoms with Crippen molar-refractivity contribution in [2.45, 2.75) is 39.5 Å². The van der Waals surface area contributed by atoms with Crippen LogP contribution in [0.5, 0.6) is 0 Å². The van der Waals surface area contributed by atoms with Crippen molar-refractivity contribution in [3.63, 3.8) is 0 Å². The Morgan fingerprint density at radius 3 is 1.21 bits per heavy atom. The van der Waals surface area contributed by atoms with Crippen LogP contribution in [-0.2, 0) is 12.8 Å². The zero-order valence-electron chi connectivity index (χ0n) is 23.9. The largest absolute Gasteiger partial charge is 0.127 e. The van der Waals surface area contributed by atoms with Crippen LogP contribution >= 0.6 is 22.7 Å². The highest BCUT2D eigenvalue weighted by Crippen LogP contribution is 2.39. The van der Waals surface area contributed by atoms with Crippen LogP contribution in [0.25, 0.3) is 41.7 Å². The van der Waals surface area contributed by atoms with Crippen LogP contribution in [0, 0.1) is 23.7 Å². The minimum atomic E-state index is 1.07. The van der Waals surface area contributed by atoms with Gasteiger partial charge >= 0.3 is 0 Å². The molecule has 0 fully saturated rings. The summed E-state index contributed by atoms with van der Waals surface area (Å²) in [4.78, 5) is 2.21. The fraction of sp³-hybridized carbons (Fsp3) is 0.150. The predicted molar refractivity (Wildman–Crippen MR) is 185 cm³/mol.